The monoisotopic (exact) mass is 334 g/mol. The van der Waals surface area contributed by atoms with Crippen LogP contribution in [0.3, 0.4) is 0 Å². The topological polar surface area (TPSA) is 81.4 Å². The van der Waals surface area contributed by atoms with E-state index in [1.165, 1.54) is 0 Å². The first-order valence-electron chi connectivity index (χ1n) is 5.63. The number of sulfonamides is 1. The molecule has 100 valence electrons. The zero-order valence-electron chi connectivity index (χ0n) is 9.73. The number of nitrogen functional groups attached to an aromatic ring is 1. The van der Waals surface area contributed by atoms with Gasteiger partial charge in [0.15, 0.2) is 0 Å². The molecule has 1 fully saturated rings. The van der Waals surface area contributed by atoms with Crippen molar-refractivity contribution in [2.75, 3.05) is 23.7 Å². The molecule has 0 aromatic heterocycles. The van der Waals surface area contributed by atoms with Crippen molar-refractivity contribution in [1.29, 1.82) is 0 Å². The van der Waals surface area contributed by atoms with Crippen LogP contribution in [0.5, 0.6) is 0 Å². The standard InChI is InChI=1S/C11H15BrN2O3S/c12-10-2-1-8(7-11(10)13)14-18(15,16)9-3-5-17-6-4-9/h1-2,7,9,14H,3-6,13H2. The largest absolute Gasteiger partial charge is 0.398 e. The quantitative estimate of drug-likeness (QED) is 0.828. The predicted octanol–water partition coefficient (Wildman–Crippen LogP) is 1.95. The average molecular weight is 335 g/mol. The molecule has 3 N–H and O–H groups in total. The zero-order chi connectivity index (χ0) is 13.2. The fraction of sp³-hybridized carbons (Fsp3) is 0.455. The summed E-state index contributed by atoms with van der Waals surface area (Å²) in [5, 5.41) is -0.392. The van der Waals surface area contributed by atoms with E-state index in [-0.39, 0.29) is 0 Å². The molecule has 1 aromatic carbocycles. The van der Waals surface area contributed by atoms with Crippen LogP contribution in [0.15, 0.2) is 22.7 Å². The van der Waals surface area contributed by atoms with Crippen molar-refractivity contribution in [3.05, 3.63) is 22.7 Å². The summed E-state index contributed by atoms with van der Waals surface area (Å²) in [4.78, 5) is 0. The second-order valence-corrected chi connectivity index (χ2v) is 7.01. The van der Waals surface area contributed by atoms with E-state index < -0.39 is 15.3 Å². The van der Waals surface area contributed by atoms with Crippen molar-refractivity contribution < 1.29 is 13.2 Å². The maximum absolute atomic E-state index is 12.1. The molecule has 0 spiro atoms. The number of halogens is 1. The molecule has 1 heterocycles. The lowest BCUT2D eigenvalue weighted by molar-refractivity contribution is 0.0984. The maximum Gasteiger partial charge on any atom is 0.235 e. The molecule has 0 aliphatic carbocycles. The maximum atomic E-state index is 12.1. The van der Waals surface area contributed by atoms with Gasteiger partial charge in [-0.25, -0.2) is 8.42 Å². The molecule has 1 aliphatic heterocycles. The van der Waals surface area contributed by atoms with E-state index >= 15 is 0 Å². The zero-order valence-corrected chi connectivity index (χ0v) is 12.1. The number of hydrogen-bond donors (Lipinski definition) is 2. The number of nitrogens with two attached hydrogens (primary N) is 1. The van der Waals surface area contributed by atoms with E-state index in [2.05, 4.69) is 20.7 Å². The molecule has 0 unspecified atom stereocenters. The van der Waals surface area contributed by atoms with E-state index in [9.17, 15) is 8.42 Å². The van der Waals surface area contributed by atoms with Gasteiger partial charge in [-0.05, 0) is 47.0 Å². The molecule has 0 atom stereocenters. The summed E-state index contributed by atoms with van der Waals surface area (Å²) in [5.74, 6) is 0. The van der Waals surface area contributed by atoms with Crippen LogP contribution in [0.2, 0.25) is 0 Å². The number of anilines is 2. The number of benzene rings is 1. The Morgan fingerprint density at radius 2 is 2.00 bits per heavy atom. The Morgan fingerprint density at radius 3 is 2.61 bits per heavy atom. The molecule has 0 bridgehead atoms. The Morgan fingerprint density at radius 1 is 1.33 bits per heavy atom. The van der Waals surface area contributed by atoms with Crippen molar-refractivity contribution in [3.63, 3.8) is 0 Å². The molecular formula is C11H15BrN2O3S. The summed E-state index contributed by atoms with van der Waals surface area (Å²) >= 11 is 3.27. The summed E-state index contributed by atoms with van der Waals surface area (Å²) in [5.41, 5.74) is 6.71. The summed E-state index contributed by atoms with van der Waals surface area (Å²) in [6, 6.07) is 5.00. The number of rotatable bonds is 3. The van der Waals surface area contributed by atoms with Gasteiger partial charge in [0.05, 0.1) is 10.9 Å². The Kier molecular flexibility index (Phi) is 4.14. The van der Waals surface area contributed by atoms with Gasteiger partial charge in [0.1, 0.15) is 0 Å². The van der Waals surface area contributed by atoms with Crippen LogP contribution < -0.4 is 10.5 Å². The number of ether oxygens (including phenoxy) is 1. The van der Waals surface area contributed by atoms with Crippen LogP contribution in [0.1, 0.15) is 12.8 Å². The number of nitrogens with one attached hydrogen (secondary N) is 1. The Bertz CT molecular complexity index is 527. The highest BCUT2D eigenvalue weighted by molar-refractivity contribution is 9.10. The third-order valence-corrected chi connectivity index (χ3v) is 5.45. The molecular weight excluding hydrogens is 320 g/mol. The summed E-state index contributed by atoms with van der Waals surface area (Å²) in [7, 11) is -3.37. The molecule has 18 heavy (non-hydrogen) atoms. The molecule has 0 amide bonds. The van der Waals surface area contributed by atoms with E-state index in [4.69, 9.17) is 10.5 Å². The van der Waals surface area contributed by atoms with E-state index in [1.54, 1.807) is 18.2 Å². The lowest BCUT2D eigenvalue weighted by atomic mass is 10.2. The number of hydrogen-bond acceptors (Lipinski definition) is 4. The molecule has 1 saturated heterocycles. The van der Waals surface area contributed by atoms with Crippen molar-refractivity contribution in [3.8, 4) is 0 Å². The SMILES string of the molecule is Nc1cc(NS(=O)(=O)C2CCOCC2)ccc1Br. The highest BCUT2D eigenvalue weighted by atomic mass is 79.9. The predicted molar refractivity (Wildman–Crippen MR) is 74.9 cm³/mol. The molecule has 0 saturated carbocycles. The third-order valence-electron chi connectivity index (χ3n) is 2.86. The minimum absolute atomic E-state index is 0.392. The van der Waals surface area contributed by atoms with Gasteiger partial charge in [-0.2, -0.15) is 0 Å². The Balaban J connectivity index is 2.13. The van der Waals surface area contributed by atoms with Gasteiger partial charge in [0, 0.05) is 23.4 Å². The van der Waals surface area contributed by atoms with E-state index in [0.717, 1.165) is 4.47 Å². The highest BCUT2D eigenvalue weighted by Crippen LogP contribution is 2.25. The lowest BCUT2D eigenvalue weighted by Crippen LogP contribution is -2.33. The van der Waals surface area contributed by atoms with Crippen molar-refractivity contribution in [2.24, 2.45) is 0 Å². The van der Waals surface area contributed by atoms with Crippen LogP contribution in [0.4, 0.5) is 11.4 Å². The van der Waals surface area contributed by atoms with Gasteiger partial charge in [-0.15, -0.1) is 0 Å². The highest BCUT2D eigenvalue weighted by Gasteiger charge is 2.27. The second kappa shape index (κ2) is 5.46. The smallest absolute Gasteiger partial charge is 0.235 e. The minimum atomic E-state index is -3.37. The molecule has 5 nitrogen and oxygen atoms in total. The fourth-order valence-electron chi connectivity index (χ4n) is 1.84. The fourth-order valence-corrected chi connectivity index (χ4v) is 3.52. The van der Waals surface area contributed by atoms with Gasteiger partial charge < -0.3 is 10.5 Å². The van der Waals surface area contributed by atoms with Crippen LogP contribution >= 0.6 is 15.9 Å². The summed E-state index contributed by atoms with van der Waals surface area (Å²) in [6.07, 6.45) is 1.06. The van der Waals surface area contributed by atoms with E-state index in [0.29, 0.717) is 37.4 Å². The first kappa shape index (κ1) is 13.6. The van der Waals surface area contributed by atoms with Crippen LogP contribution in [-0.4, -0.2) is 26.9 Å². The summed E-state index contributed by atoms with van der Waals surface area (Å²) in [6.45, 7) is 0.988. The molecule has 1 aliphatic rings. The Labute approximate surface area is 115 Å². The van der Waals surface area contributed by atoms with Gasteiger partial charge in [0.2, 0.25) is 10.0 Å². The molecule has 0 radical (unpaired) electrons. The first-order valence-corrected chi connectivity index (χ1v) is 7.97. The molecule has 7 heteroatoms. The van der Waals surface area contributed by atoms with Crippen molar-refractivity contribution in [1.82, 2.24) is 0 Å². The Hall–Kier alpha value is -0.790. The van der Waals surface area contributed by atoms with Crippen molar-refractivity contribution in [2.45, 2.75) is 18.1 Å². The van der Waals surface area contributed by atoms with E-state index in [1.807, 2.05) is 0 Å². The van der Waals surface area contributed by atoms with Crippen molar-refractivity contribution >= 4 is 37.3 Å². The summed E-state index contributed by atoms with van der Waals surface area (Å²) < 4.78 is 32.7. The van der Waals surface area contributed by atoms with Crippen LogP contribution in [0.25, 0.3) is 0 Å². The normalized spacial score (nSPS) is 17.6. The van der Waals surface area contributed by atoms with Gasteiger partial charge >= 0.3 is 0 Å². The van der Waals surface area contributed by atoms with Gasteiger partial charge in [0.25, 0.3) is 0 Å². The first-order chi connectivity index (χ1) is 8.49. The second-order valence-electron chi connectivity index (χ2n) is 4.20. The van der Waals surface area contributed by atoms with Crippen LogP contribution in [0, 0.1) is 0 Å². The molecule has 2 rings (SSSR count). The minimum Gasteiger partial charge on any atom is -0.398 e. The van der Waals surface area contributed by atoms with Gasteiger partial charge in [-0.3, -0.25) is 4.72 Å². The van der Waals surface area contributed by atoms with Crippen LogP contribution in [-0.2, 0) is 14.8 Å². The molecule has 1 aromatic rings. The van der Waals surface area contributed by atoms with Gasteiger partial charge in [-0.1, -0.05) is 0 Å². The average Bonchev–Trinajstić information content (AvgIpc) is 2.35. The lowest BCUT2D eigenvalue weighted by Gasteiger charge is -2.22. The third kappa shape index (κ3) is 3.15.